The van der Waals surface area contributed by atoms with E-state index in [1.54, 1.807) is 12.3 Å². The van der Waals surface area contributed by atoms with Crippen molar-refractivity contribution in [2.24, 2.45) is 0 Å². The fraction of sp³-hybridized carbons (Fsp3) is 0.100. The summed E-state index contributed by atoms with van der Waals surface area (Å²) in [7, 11) is 0. The van der Waals surface area contributed by atoms with E-state index in [-0.39, 0.29) is 5.56 Å². The van der Waals surface area contributed by atoms with Gasteiger partial charge in [0.25, 0.3) is 5.56 Å². The maximum Gasteiger partial charge on any atom is 0.251 e. The molecule has 0 aliphatic rings. The molecule has 0 fully saturated rings. The summed E-state index contributed by atoms with van der Waals surface area (Å²) in [4.78, 5) is 21.6. The highest BCUT2D eigenvalue weighted by molar-refractivity contribution is 7.98. The second kappa shape index (κ2) is 5.53. The Morgan fingerprint density at radius 1 is 1.35 bits per heavy atom. The summed E-state index contributed by atoms with van der Waals surface area (Å²) < 4.78 is 0. The lowest BCUT2D eigenvalue weighted by molar-refractivity contribution is 0.936. The van der Waals surface area contributed by atoms with Crippen LogP contribution in [0, 0.1) is 0 Å². The minimum absolute atomic E-state index is 0.178. The average molecular weight is 288 g/mol. The summed E-state index contributed by atoms with van der Waals surface area (Å²) in [6, 6.07) is 2.95. The van der Waals surface area contributed by atoms with Crippen molar-refractivity contribution in [3.8, 4) is 0 Å². The molecule has 4 nitrogen and oxygen atoms in total. The molecule has 0 amide bonds. The van der Waals surface area contributed by atoms with E-state index in [1.807, 2.05) is 0 Å². The predicted molar refractivity (Wildman–Crippen MR) is 68.7 cm³/mol. The second-order valence-corrected chi connectivity index (χ2v) is 4.88. The van der Waals surface area contributed by atoms with Gasteiger partial charge in [-0.25, -0.2) is 9.97 Å². The number of rotatable bonds is 3. The van der Waals surface area contributed by atoms with Gasteiger partial charge in [0, 0.05) is 29.2 Å². The predicted octanol–water partition coefficient (Wildman–Crippen LogP) is 2.76. The van der Waals surface area contributed by atoms with Gasteiger partial charge in [0.1, 0.15) is 5.15 Å². The lowest BCUT2D eigenvalue weighted by Crippen LogP contribution is -2.05. The van der Waals surface area contributed by atoms with Gasteiger partial charge in [-0.2, -0.15) is 0 Å². The van der Waals surface area contributed by atoms with Crippen LogP contribution in [-0.2, 0) is 5.75 Å². The Bertz CT molecular complexity index is 588. The van der Waals surface area contributed by atoms with Crippen LogP contribution >= 0.6 is 35.0 Å². The van der Waals surface area contributed by atoms with Crippen molar-refractivity contribution in [1.29, 1.82) is 0 Å². The standard InChI is InChI=1S/C10H7Cl2N3OS/c11-7-3-8(12)14-4-6(7)5-17-10-13-2-1-9(16)15-10/h1-4H,5H2,(H,13,15,16). The third-order valence-electron chi connectivity index (χ3n) is 1.91. The fourth-order valence-electron chi connectivity index (χ4n) is 1.11. The largest absolute Gasteiger partial charge is 0.301 e. The topological polar surface area (TPSA) is 58.6 Å². The molecular formula is C10H7Cl2N3OS. The van der Waals surface area contributed by atoms with Crippen molar-refractivity contribution >= 4 is 35.0 Å². The van der Waals surface area contributed by atoms with Crippen LogP contribution in [0.25, 0.3) is 0 Å². The SMILES string of the molecule is O=c1ccnc(SCc2cnc(Cl)cc2Cl)[nH]1. The number of pyridine rings is 1. The summed E-state index contributed by atoms with van der Waals surface area (Å²) in [5, 5.41) is 1.45. The number of thioether (sulfide) groups is 1. The van der Waals surface area contributed by atoms with Gasteiger partial charge in [0.2, 0.25) is 0 Å². The molecule has 17 heavy (non-hydrogen) atoms. The summed E-state index contributed by atoms with van der Waals surface area (Å²) >= 11 is 13.1. The molecule has 0 aliphatic heterocycles. The molecule has 0 spiro atoms. The number of aromatic nitrogens is 3. The summed E-state index contributed by atoms with van der Waals surface area (Å²) in [5.74, 6) is 0.565. The number of nitrogens with zero attached hydrogens (tertiary/aromatic N) is 2. The van der Waals surface area contributed by atoms with Gasteiger partial charge in [-0.05, 0) is 11.6 Å². The van der Waals surface area contributed by atoms with E-state index in [0.29, 0.717) is 21.1 Å². The van der Waals surface area contributed by atoms with Crippen LogP contribution in [0.3, 0.4) is 0 Å². The quantitative estimate of drug-likeness (QED) is 0.536. The zero-order chi connectivity index (χ0) is 12.3. The highest BCUT2D eigenvalue weighted by Gasteiger charge is 2.04. The van der Waals surface area contributed by atoms with E-state index in [4.69, 9.17) is 23.2 Å². The maximum absolute atomic E-state index is 11.0. The van der Waals surface area contributed by atoms with E-state index in [9.17, 15) is 4.79 Å². The maximum atomic E-state index is 11.0. The Hall–Kier alpha value is -1.04. The Kier molecular flexibility index (Phi) is 4.04. The number of hydrogen-bond donors (Lipinski definition) is 1. The second-order valence-electron chi connectivity index (χ2n) is 3.13. The molecule has 2 aromatic heterocycles. The molecule has 2 aromatic rings. The molecule has 2 rings (SSSR count). The molecule has 0 saturated heterocycles. The Morgan fingerprint density at radius 3 is 2.88 bits per heavy atom. The molecule has 0 aromatic carbocycles. The van der Waals surface area contributed by atoms with Crippen molar-refractivity contribution in [3.63, 3.8) is 0 Å². The fourth-order valence-corrected chi connectivity index (χ4v) is 2.46. The minimum Gasteiger partial charge on any atom is -0.301 e. The van der Waals surface area contributed by atoms with Crippen LogP contribution in [0.1, 0.15) is 5.56 Å². The van der Waals surface area contributed by atoms with Gasteiger partial charge >= 0.3 is 0 Å². The van der Waals surface area contributed by atoms with Crippen LogP contribution in [0.2, 0.25) is 10.2 Å². The zero-order valence-corrected chi connectivity index (χ0v) is 10.8. The molecule has 0 unspecified atom stereocenters. The first-order valence-corrected chi connectivity index (χ1v) is 6.37. The lowest BCUT2D eigenvalue weighted by Gasteiger charge is -2.03. The molecule has 2 heterocycles. The monoisotopic (exact) mass is 287 g/mol. The van der Waals surface area contributed by atoms with Crippen molar-refractivity contribution < 1.29 is 0 Å². The van der Waals surface area contributed by atoms with Gasteiger partial charge in [-0.15, -0.1) is 0 Å². The summed E-state index contributed by atoms with van der Waals surface area (Å²) in [6.45, 7) is 0. The first kappa shape index (κ1) is 12.4. The van der Waals surface area contributed by atoms with E-state index in [2.05, 4.69) is 15.0 Å². The molecule has 0 atom stereocenters. The molecule has 7 heteroatoms. The third-order valence-corrected chi connectivity index (χ3v) is 3.40. The molecule has 0 saturated carbocycles. The van der Waals surface area contributed by atoms with Gasteiger partial charge in [-0.3, -0.25) is 4.79 Å². The molecular weight excluding hydrogens is 281 g/mol. The van der Waals surface area contributed by atoms with Crippen LogP contribution in [-0.4, -0.2) is 15.0 Å². The molecule has 88 valence electrons. The number of halogens is 2. The normalized spacial score (nSPS) is 10.5. The van der Waals surface area contributed by atoms with Crippen LogP contribution in [0.15, 0.2) is 34.5 Å². The van der Waals surface area contributed by atoms with Gasteiger partial charge in [0.15, 0.2) is 5.16 Å². The number of nitrogens with one attached hydrogen (secondary N) is 1. The summed E-state index contributed by atoms with van der Waals surface area (Å²) in [6.07, 6.45) is 3.07. The molecule has 0 radical (unpaired) electrons. The van der Waals surface area contributed by atoms with Gasteiger partial charge in [0.05, 0.1) is 0 Å². The van der Waals surface area contributed by atoms with Crippen LogP contribution in [0.4, 0.5) is 0 Å². The van der Waals surface area contributed by atoms with Crippen molar-refractivity contribution in [1.82, 2.24) is 15.0 Å². The average Bonchev–Trinajstić information content (AvgIpc) is 2.28. The van der Waals surface area contributed by atoms with Crippen LogP contribution < -0.4 is 5.56 Å². The highest BCUT2D eigenvalue weighted by atomic mass is 35.5. The van der Waals surface area contributed by atoms with E-state index in [0.717, 1.165) is 5.56 Å². The number of hydrogen-bond acceptors (Lipinski definition) is 4. The van der Waals surface area contributed by atoms with E-state index < -0.39 is 0 Å². The lowest BCUT2D eigenvalue weighted by atomic mass is 10.3. The van der Waals surface area contributed by atoms with Crippen molar-refractivity contribution in [3.05, 3.63) is 50.6 Å². The highest BCUT2D eigenvalue weighted by Crippen LogP contribution is 2.24. The minimum atomic E-state index is -0.178. The molecule has 0 aliphatic carbocycles. The number of H-pyrrole nitrogens is 1. The Labute approximate surface area is 111 Å². The summed E-state index contributed by atoms with van der Waals surface area (Å²) in [5.41, 5.74) is 0.662. The first-order valence-electron chi connectivity index (χ1n) is 4.63. The van der Waals surface area contributed by atoms with E-state index in [1.165, 1.54) is 24.0 Å². The molecule has 1 N–H and O–H groups in total. The smallest absolute Gasteiger partial charge is 0.251 e. The third kappa shape index (κ3) is 3.46. The van der Waals surface area contributed by atoms with Gasteiger partial charge < -0.3 is 4.98 Å². The van der Waals surface area contributed by atoms with Crippen molar-refractivity contribution in [2.45, 2.75) is 10.9 Å². The molecule has 0 bridgehead atoms. The van der Waals surface area contributed by atoms with Crippen molar-refractivity contribution in [2.75, 3.05) is 0 Å². The Balaban J connectivity index is 2.10. The number of aromatic amines is 1. The zero-order valence-electron chi connectivity index (χ0n) is 8.48. The van der Waals surface area contributed by atoms with Crippen LogP contribution in [0.5, 0.6) is 0 Å². The van der Waals surface area contributed by atoms with Gasteiger partial charge in [-0.1, -0.05) is 35.0 Å². The van der Waals surface area contributed by atoms with E-state index >= 15 is 0 Å². The first-order chi connectivity index (χ1) is 8.15. The Morgan fingerprint density at radius 2 is 2.18 bits per heavy atom.